The molecule has 21 heavy (non-hydrogen) atoms. The second-order valence-electron chi connectivity index (χ2n) is 4.51. The Labute approximate surface area is 133 Å². The first-order valence-electron chi connectivity index (χ1n) is 6.96. The third kappa shape index (κ3) is 6.68. The molecule has 2 heterocycles. The Balaban J connectivity index is 1.48. The van der Waals surface area contributed by atoms with Crippen molar-refractivity contribution in [2.75, 3.05) is 18.8 Å². The number of H-pyrrole nitrogens is 1. The van der Waals surface area contributed by atoms with Crippen LogP contribution in [0.1, 0.15) is 17.0 Å². The molecule has 0 aromatic carbocycles. The monoisotopic (exact) mass is 323 g/mol. The third-order valence-electron chi connectivity index (χ3n) is 2.82. The van der Waals surface area contributed by atoms with Crippen molar-refractivity contribution in [1.82, 2.24) is 15.3 Å². The highest BCUT2D eigenvalue weighted by Crippen LogP contribution is 2.16. The smallest absolute Gasteiger partial charge is 0.188 e. The van der Waals surface area contributed by atoms with E-state index in [1.807, 2.05) is 18.0 Å². The second-order valence-corrected chi connectivity index (χ2v) is 6.64. The van der Waals surface area contributed by atoms with Gasteiger partial charge in [0.2, 0.25) is 0 Å². The van der Waals surface area contributed by atoms with E-state index in [4.69, 9.17) is 5.73 Å². The van der Waals surface area contributed by atoms with Crippen LogP contribution in [-0.4, -0.2) is 34.8 Å². The molecule has 0 aliphatic rings. The summed E-state index contributed by atoms with van der Waals surface area (Å²) in [6, 6.07) is 4.26. The lowest BCUT2D eigenvalue weighted by Gasteiger charge is -2.05. The molecule has 0 saturated carbocycles. The van der Waals surface area contributed by atoms with Gasteiger partial charge in [0.05, 0.1) is 6.33 Å². The lowest BCUT2D eigenvalue weighted by Crippen LogP contribution is -2.33. The van der Waals surface area contributed by atoms with Gasteiger partial charge in [-0.3, -0.25) is 4.99 Å². The Morgan fingerprint density at radius 3 is 3.24 bits per heavy atom. The minimum atomic E-state index is 0.538. The number of thioether (sulfide) groups is 1. The number of imidazole rings is 1. The van der Waals surface area contributed by atoms with E-state index in [1.165, 1.54) is 4.88 Å². The molecule has 0 atom stereocenters. The number of aryl methyl sites for hydroxylation is 1. The number of nitrogens with zero attached hydrogens (tertiary/aromatic N) is 2. The Kier molecular flexibility index (Phi) is 7.17. The zero-order chi connectivity index (χ0) is 14.8. The highest BCUT2D eigenvalue weighted by atomic mass is 32.2. The summed E-state index contributed by atoms with van der Waals surface area (Å²) in [5.41, 5.74) is 6.96. The van der Waals surface area contributed by atoms with Crippen LogP contribution in [0.5, 0.6) is 0 Å². The number of aliphatic imine (C=N–C) groups is 1. The number of hydrogen-bond acceptors (Lipinski definition) is 4. The van der Waals surface area contributed by atoms with Crippen molar-refractivity contribution < 1.29 is 0 Å². The first-order valence-corrected chi connectivity index (χ1v) is 8.99. The number of hydrogen-bond donors (Lipinski definition) is 3. The van der Waals surface area contributed by atoms with Crippen LogP contribution in [-0.2, 0) is 12.2 Å². The zero-order valence-electron chi connectivity index (χ0n) is 11.9. The molecule has 0 radical (unpaired) electrons. The van der Waals surface area contributed by atoms with Crippen molar-refractivity contribution in [2.24, 2.45) is 10.7 Å². The SMILES string of the molecule is NC(=NCCCc1cnc[nH]1)NCCSCc1cccs1. The van der Waals surface area contributed by atoms with Gasteiger partial charge in [-0.1, -0.05) is 6.07 Å². The minimum absolute atomic E-state index is 0.538. The average molecular weight is 323 g/mol. The van der Waals surface area contributed by atoms with Gasteiger partial charge in [-0.15, -0.1) is 11.3 Å². The maximum Gasteiger partial charge on any atom is 0.188 e. The summed E-state index contributed by atoms with van der Waals surface area (Å²) in [5, 5.41) is 5.26. The van der Waals surface area contributed by atoms with Crippen LogP contribution in [0.3, 0.4) is 0 Å². The molecule has 0 saturated heterocycles. The number of aromatic amines is 1. The standard InChI is InChI=1S/C14H21N5S2/c15-14(17-5-1-3-12-9-16-11-19-12)18-6-8-20-10-13-4-2-7-21-13/h2,4,7,9,11H,1,3,5-6,8,10H2,(H,16,19)(H3,15,17,18). The molecule has 0 unspecified atom stereocenters. The molecule has 7 heteroatoms. The van der Waals surface area contributed by atoms with Crippen molar-refractivity contribution in [2.45, 2.75) is 18.6 Å². The topological polar surface area (TPSA) is 79.1 Å². The van der Waals surface area contributed by atoms with Crippen LogP contribution < -0.4 is 11.1 Å². The van der Waals surface area contributed by atoms with Crippen LogP contribution in [0.2, 0.25) is 0 Å². The fraction of sp³-hybridized carbons (Fsp3) is 0.429. The predicted octanol–water partition coefficient (Wildman–Crippen LogP) is 2.24. The molecule has 2 aromatic heterocycles. The van der Waals surface area contributed by atoms with Crippen LogP contribution in [0.25, 0.3) is 0 Å². The van der Waals surface area contributed by atoms with E-state index in [-0.39, 0.29) is 0 Å². The molecule has 4 N–H and O–H groups in total. The van der Waals surface area contributed by atoms with E-state index in [2.05, 4.69) is 37.8 Å². The fourth-order valence-electron chi connectivity index (χ4n) is 1.77. The van der Waals surface area contributed by atoms with Gasteiger partial charge in [-0.25, -0.2) is 4.98 Å². The number of nitrogens with one attached hydrogen (secondary N) is 2. The Morgan fingerprint density at radius 2 is 2.48 bits per heavy atom. The van der Waals surface area contributed by atoms with Gasteiger partial charge in [0.25, 0.3) is 0 Å². The Morgan fingerprint density at radius 1 is 1.52 bits per heavy atom. The summed E-state index contributed by atoms with van der Waals surface area (Å²) in [6.07, 6.45) is 5.46. The van der Waals surface area contributed by atoms with Crippen LogP contribution in [0, 0.1) is 0 Å². The zero-order valence-corrected chi connectivity index (χ0v) is 13.6. The lowest BCUT2D eigenvalue weighted by atomic mass is 10.2. The summed E-state index contributed by atoms with van der Waals surface area (Å²) < 4.78 is 0. The Hall–Kier alpha value is -1.47. The van der Waals surface area contributed by atoms with Crippen LogP contribution in [0.4, 0.5) is 0 Å². The molecular formula is C14H21N5S2. The Bertz CT molecular complexity index is 507. The van der Waals surface area contributed by atoms with E-state index >= 15 is 0 Å². The number of rotatable bonds is 9. The van der Waals surface area contributed by atoms with Crippen molar-refractivity contribution in [1.29, 1.82) is 0 Å². The minimum Gasteiger partial charge on any atom is -0.370 e. The molecule has 114 valence electrons. The maximum atomic E-state index is 5.82. The van der Waals surface area contributed by atoms with Crippen LogP contribution in [0.15, 0.2) is 35.0 Å². The molecule has 0 fully saturated rings. The van der Waals surface area contributed by atoms with E-state index in [1.54, 1.807) is 17.7 Å². The summed E-state index contributed by atoms with van der Waals surface area (Å²) >= 11 is 3.71. The van der Waals surface area contributed by atoms with E-state index < -0.39 is 0 Å². The normalized spacial score (nSPS) is 11.7. The van der Waals surface area contributed by atoms with Gasteiger partial charge in [-0.2, -0.15) is 11.8 Å². The third-order valence-corrected chi connectivity index (χ3v) is 4.89. The maximum absolute atomic E-state index is 5.82. The first-order chi connectivity index (χ1) is 10.3. The molecule has 0 aliphatic heterocycles. The van der Waals surface area contributed by atoms with E-state index in [0.717, 1.165) is 43.1 Å². The first kappa shape index (κ1) is 15.9. The summed E-state index contributed by atoms with van der Waals surface area (Å²) in [5.74, 6) is 2.64. The van der Waals surface area contributed by atoms with Crippen molar-refractivity contribution in [3.63, 3.8) is 0 Å². The van der Waals surface area contributed by atoms with Crippen molar-refractivity contribution >= 4 is 29.1 Å². The highest BCUT2D eigenvalue weighted by Gasteiger charge is 1.96. The molecule has 0 amide bonds. The van der Waals surface area contributed by atoms with Gasteiger partial charge in [0.1, 0.15) is 0 Å². The quantitative estimate of drug-likeness (QED) is 0.376. The van der Waals surface area contributed by atoms with Gasteiger partial charge in [0.15, 0.2) is 5.96 Å². The number of nitrogens with two attached hydrogens (primary N) is 1. The molecule has 5 nitrogen and oxygen atoms in total. The summed E-state index contributed by atoms with van der Waals surface area (Å²) in [7, 11) is 0. The summed E-state index contributed by atoms with van der Waals surface area (Å²) in [6.45, 7) is 1.59. The van der Waals surface area contributed by atoms with Gasteiger partial charge >= 0.3 is 0 Å². The molecule has 0 bridgehead atoms. The lowest BCUT2D eigenvalue weighted by molar-refractivity contribution is 0.806. The van der Waals surface area contributed by atoms with Crippen molar-refractivity contribution in [3.8, 4) is 0 Å². The largest absolute Gasteiger partial charge is 0.370 e. The molecule has 0 aliphatic carbocycles. The number of aromatic nitrogens is 2. The van der Waals surface area contributed by atoms with E-state index in [0.29, 0.717) is 5.96 Å². The summed E-state index contributed by atoms with van der Waals surface area (Å²) in [4.78, 5) is 12.8. The van der Waals surface area contributed by atoms with Crippen molar-refractivity contribution in [3.05, 3.63) is 40.6 Å². The predicted molar refractivity (Wildman–Crippen MR) is 91.9 cm³/mol. The van der Waals surface area contributed by atoms with Gasteiger partial charge < -0.3 is 16.0 Å². The second kappa shape index (κ2) is 9.46. The molecule has 0 spiro atoms. The van der Waals surface area contributed by atoms with E-state index in [9.17, 15) is 0 Å². The number of guanidine groups is 1. The highest BCUT2D eigenvalue weighted by molar-refractivity contribution is 7.98. The number of thiophene rings is 1. The molecular weight excluding hydrogens is 302 g/mol. The molecule has 2 aromatic rings. The fourth-order valence-corrected chi connectivity index (χ4v) is 3.46. The van der Waals surface area contributed by atoms with Gasteiger partial charge in [-0.05, 0) is 24.3 Å². The van der Waals surface area contributed by atoms with Gasteiger partial charge in [0, 0.05) is 41.4 Å². The van der Waals surface area contributed by atoms with Crippen LogP contribution >= 0.6 is 23.1 Å². The average Bonchev–Trinajstić information content (AvgIpc) is 3.16. The molecule has 2 rings (SSSR count).